The maximum atomic E-state index is 10.6. The van der Waals surface area contributed by atoms with Crippen molar-refractivity contribution in [2.45, 2.75) is 6.10 Å². The van der Waals surface area contributed by atoms with Crippen molar-refractivity contribution >= 4 is 11.4 Å². The van der Waals surface area contributed by atoms with Gasteiger partial charge in [-0.1, -0.05) is 18.2 Å². The molecule has 7 nitrogen and oxygen atoms in total. The Morgan fingerprint density at radius 2 is 1.69 bits per heavy atom. The van der Waals surface area contributed by atoms with Crippen molar-refractivity contribution in [3.8, 4) is 5.75 Å². The third-order valence-electron chi connectivity index (χ3n) is 4.45. The second-order valence-corrected chi connectivity index (χ2v) is 6.34. The first-order chi connectivity index (χ1) is 12.6. The molecular weight excluding hydrogens is 334 g/mol. The van der Waals surface area contributed by atoms with E-state index in [2.05, 4.69) is 21.9 Å². The van der Waals surface area contributed by atoms with E-state index in [9.17, 15) is 15.2 Å². The summed E-state index contributed by atoms with van der Waals surface area (Å²) < 4.78 is 5.52. The molecule has 2 aromatic rings. The number of nitro benzene ring substituents is 1. The van der Waals surface area contributed by atoms with E-state index in [1.807, 2.05) is 18.2 Å². The van der Waals surface area contributed by atoms with Crippen LogP contribution in [0.15, 0.2) is 54.6 Å². The maximum Gasteiger partial charge on any atom is 0.269 e. The zero-order valence-corrected chi connectivity index (χ0v) is 14.5. The number of piperazine rings is 1. The fourth-order valence-electron chi connectivity index (χ4n) is 3.03. The van der Waals surface area contributed by atoms with Crippen LogP contribution in [0.1, 0.15) is 0 Å². The summed E-state index contributed by atoms with van der Waals surface area (Å²) >= 11 is 0. The highest BCUT2D eigenvalue weighted by Crippen LogP contribution is 2.18. The van der Waals surface area contributed by atoms with Crippen LogP contribution in [0.5, 0.6) is 5.75 Å². The lowest BCUT2D eigenvalue weighted by Gasteiger charge is -2.36. The Morgan fingerprint density at radius 1 is 1.04 bits per heavy atom. The van der Waals surface area contributed by atoms with E-state index >= 15 is 0 Å². The number of para-hydroxylation sites is 1. The van der Waals surface area contributed by atoms with Crippen molar-refractivity contribution in [1.29, 1.82) is 0 Å². The first-order valence-corrected chi connectivity index (χ1v) is 8.69. The van der Waals surface area contributed by atoms with Gasteiger partial charge in [0.2, 0.25) is 0 Å². The average Bonchev–Trinajstić information content (AvgIpc) is 2.68. The summed E-state index contributed by atoms with van der Waals surface area (Å²) in [6.07, 6.45) is -0.603. The highest BCUT2D eigenvalue weighted by molar-refractivity contribution is 5.46. The van der Waals surface area contributed by atoms with E-state index in [1.165, 1.54) is 17.8 Å². The number of β-amino-alcohol motifs (C(OH)–C–C–N with tert-alkyl or cyclic N) is 1. The number of anilines is 1. The van der Waals surface area contributed by atoms with Crippen LogP contribution in [0.2, 0.25) is 0 Å². The highest BCUT2D eigenvalue weighted by Gasteiger charge is 2.19. The van der Waals surface area contributed by atoms with Crippen molar-refractivity contribution in [2.75, 3.05) is 44.2 Å². The van der Waals surface area contributed by atoms with Crippen LogP contribution < -0.4 is 9.64 Å². The molecule has 3 rings (SSSR count). The predicted octanol–water partition coefficient (Wildman–Crippen LogP) is 2.16. The number of hydrogen-bond acceptors (Lipinski definition) is 6. The average molecular weight is 357 g/mol. The van der Waals surface area contributed by atoms with Gasteiger partial charge in [-0.2, -0.15) is 0 Å². The molecule has 138 valence electrons. The fourth-order valence-corrected chi connectivity index (χ4v) is 3.03. The molecule has 7 heteroatoms. The molecule has 1 unspecified atom stereocenters. The van der Waals surface area contributed by atoms with Gasteiger partial charge < -0.3 is 14.7 Å². The number of aliphatic hydroxyl groups is 1. The highest BCUT2D eigenvalue weighted by atomic mass is 16.6. The minimum absolute atomic E-state index is 0.0224. The first kappa shape index (κ1) is 18.2. The standard InChI is InChI=1S/C19H23N3O4/c23-18(15-26-19-8-6-17(7-9-19)22(24)25)14-20-10-12-21(13-11-20)16-4-2-1-3-5-16/h1-9,18,23H,10-15H2. The third kappa shape index (κ3) is 4.93. The number of non-ortho nitro benzene ring substituents is 1. The van der Waals surface area contributed by atoms with Crippen LogP contribution >= 0.6 is 0 Å². The van der Waals surface area contributed by atoms with Gasteiger partial charge in [-0.3, -0.25) is 15.0 Å². The molecule has 26 heavy (non-hydrogen) atoms. The van der Waals surface area contributed by atoms with Gasteiger partial charge in [-0.25, -0.2) is 0 Å². The van der Waals surface area contributed by atoms with E-state index < -0.39 is 11.0 Å². The quantitative estimate of drug-likeness (QED) is 0.604. The number of ether oxygens (including phenoxy) is 1. The van der Waals surface area contributed by atoms with Crippen molar-refractivity contribution < 1.29 is 14.8 Å². The number of benzene rings is 2. The number of nitrogens with zero attached hydrogens (tertiary/aromatic N) is 3. The summed E-state index contributed by atoms with van der Waals surface area (Å²) in [4.78, 5) is 14.7. The molecule has 2 aromatic carbocycles. The summed E-state index contributed by atoms with van der Waals surface area (Å²) in [7, 11) is 0. The van der Waals surface area contributed by atoms with Crippen molar-refractivity contribution in [2.24, 2.45) is 0 Å². The van der Waals surface area contributed by atoms with Crippen LogP contribution in [0, 0.1) is 10.1 Å². The molecule has 1 aliphatic heterocycles. The molecule has 1 atom stereocenters. The van der Waals surface area contributed by atoms with Gasteiger partial charge in [-0.15, -0.1) is 0 Å². The zero-order valence-electron chi connectivity index (χ0n) is 14.5. The molecule has 1 saturated heterocycles. The van der Waals surface area contributed by atoms with Crippen molar-refractivity contribution in [3.63, 3.8) is 0 Å². The smallest absolute Gasteiger partial charge is 0.269 e. The van der Waals surface area contributed by atoms with Crippen LogP contribution in [0.4, 0.5) is 11.4 Å². The van der Waals surface area contributed by atoms with Gasteiger partial charge in [0.05, 0.1) is 4.92 Å². The molecule has 1 heterocycles. The third-order valence-corrected chi connectivity index (χ3v) is 4.45. The molecule has 0 amide bonds. The van der Waals surface area contributed by atoms with Crippen LogP contribution in [-0.4, -0.2) is 60.4 Å². The number of aliphatic hydroxyl groups excluding tert-OH is 1. The Hall–Kier alpha value is -2.64. The summed E-state index contributed by atoms with van der Waals surface area (Å²) in [6.45, 7) is 4.36. The number of nitro groups is 1. The summed E-state index contributed by atoms with van der Waals surface area (Å²) in [5.74, 6) is 0.517. The second kappa shape index (κ2) is 8.64. The monoisotopic (exact) mass is 357 g/mol. The zero-order chi connectivity index (χ0) is 18.4. The van der Waals surface area contributed by atoms with Crippen LogP contribution in [0.3, 0.4) is 0 Å². The number of hydrogen-bond donors (Lipinski definition) is 1. The van der Waals surface area contributed by atoms with Gasteiger partial charge in [-0.05, 0) is 24.3 Å². The molecule has 1 fully saturated rings. The second-order valence-electron chi connectivity index (χ2n) is 6.34. The molecule has 1 aliphatic rings. The lowest BCUT2D eigenvalue weighted by atomic mass is 10.2. The minimum Gasteiger partial charge on any atom is -0.491 e. The lowest BCUT2D eigenvalue weighted by molar-refractivity contribution is -0.384. The minimum atomic E-state index is -0.603. The van der Waals surface area contributed by atoms with Crippen molar-refractivity contribution in [1.82, 2.24) is 4.90 Å². The van der Waals surface area contributed by atoms with Crippen LogP contribution in [0.25, 0.3) is 0 Å². The van der Waals surface area contributed by atoms with Gasteiger partial charge in [0, 0.05) is 50.5 Å². The Kier molecular flexibility index (Phi) is 6.04. The van der Waals surface area contributed by atoms with E-state index in [0.29, 0.717) is 12.3 Å². The van der Waals surface area contributed by atoms with E-state index in [4.69, 9.17) is 4.74 Å². The van der Waals surface area contributed by atoms with E-state index in [-0.39, 0.29) is 12.3 Å². The SMILES string of the molecule is O=[N+]([O-])c1ccc(OCC(O)CN2CCN(c3ccccc3)CC2)cc1. The maximum absolute atomic E-state index is 10.6. The van der Waals surface area contributed by atoms with Gasteiger partial charge in [0.1, 0.15) is 18.5 Å². The topological polar surface area (TPSA) is 79.1 Å². The predicted molar refractivity (Wildman–Crippen MR) is 99.7 cm³/mol. The molecule has 0 bridgehead atoms. The Morgan fingerprint density at radius 3 is 2.31 bits per heavy atom. The van der Waals surface area contributed by atoms with Gasteiger partial charge in [0.25, 0.3) is 5.69 Å². The molecule has 0 aromatic heterocycles. The largest absolute Gasteiger partial charge is 0.491 e. The molecule has 0 saturated carbocycles. The molecule has 0 radical (unpaired) electrons. The summed E-state index contributed by atoms with van der Waals surface area (Å²) in [5, 5.41) is 20.8. The van der Waals surface area contributed by atoms with Crippen LogP contribution in [-0.2, 0) is 0 Å². The number of rotatable bonds is 7. The van der Waals surface area contributed by atoms with E-state index in [1.54, 1.807) is 12.1 Å². The summed E-state index contributed by atoms with van der Waals surface area (Å²) in [5.41, 5.74) is 1.25. The van der Waals surface area contributed by atoms with Gasteiger partial charge >= 0.3 is 0 Å². The van der Waals surface area contributed by atoms with Gasteiger partial charge in [0.15, 0.2) is 0 Å². The Balaban J connectivity index is 1.40. The molecular formula is C19H23N3O4. The normalized spacial score (nSPS) is 16.3. The lowest BCUT2D eigenvalue weighted by Crippen LogP contribution is -2.49. The Labute approximate surface area is 152 Å². The first-order valence-electron chi connectivity index (χ1n) is 8.69. The fraction of sp³-hybridized carbons (Fsp3) is 0.368. The van der Waals surface area contributed by atoms with Crippen molar-refractivity contribution in [3.05, 3.63) is 64.7 Å². The Bertz CT molecular complexity index is 700. The molecule has 0 aliphatic carbocycles. The molecule has 1 N–H and O–H groups in total. The summed E-state index contributed by atoms with van der Waals surface area (Å²) in [6, 6.07) is 16.2. The molecule has 0 spiro atoms. The van der Waals surface area contributed by atoms with E-state index in [0.717, 1.165) is 26.2 Å².